The van der Waals surface area contributed by atoms with Gasteiger partial charge in [0.2, 0.25) is 0 Å². The van der Waals surface area contributed by atoms with E-state index < -0.39 is 0 Å². The van der Waals surface area contributed by atoms with E-state index in [1.165, 1.54) is 12.8 Å². The molecule has 3 nitrogen and oxygen atoms in total. The van der Waals surface area contributed by atoms with Crippen LogP contribution >= 0.6 is 0 Å². The molecule has 2 saturated carbocycles. The highest BCUT2D eigenvalue weighted by Gasteiger charge is 2.37. The molecule has 0 bridgehead atoms. The minimum atomic E-state index is -0.367. The van der Waals surface area contributed by atoms with Crippen molar-refractivity contribution < 1.29 is 14.6 Å². The zero-order valence-electron chi connectivity index (χ0n) is 17.2. The second kappa shape index (κ2) is 8.93. The largest absolute Gasteiger partial charge is 0.493 e. The molecule has 29 heavy (non-hydrogen) atoms. The molecule has 152 valence electrons. The van der Waals surface area contributed by atoms with Crippen LogP contribution in [0.25, 0.3) is 0 Å². The van der Waals surface area contributed by atoms with Crippen molar-refractivity contribution in [3.63, 3.8) is 0 Å². The average molecular weight is 391 g/mol. The van der Waals surface area contributed by atoms with Crippen molar-refractivity contribution in [2.24, 2.45) is 0 Å². The first-order valence-electron chi connectivity index (χ1n) is 10.8. The summed E-state index contributed by atoms with van der Waals surface area (Å²) in [6.45, 7) is 0. The molecule has 0 amide bonds. The lowest BCUT2D eigenvalue weighted by molar-refractivity contribution is 0.103. The topological polar surface area (TPSA) is 38.7 Å². The molecule has 2 aliphatic carbocycles. The predicted molar refractivity (Wildman–Crippen MR) is 115 cm³/mol. The van der Waals surface area contributed by atoms with Gasteiger partial charge in [-0.15, -0.1) is 0 Å². The minimum absolute atomic E-state index is 0.266. The van der Waals surface area contributed by atoms with Gasteiger partial charge in [-0.25, -0.2) is 0 Å². The number of hydrogen-bond acceptors (Lipinski definition) is 3. The normalized spacial score (nSPS) is 24.6. The van der Waals surface area contributed by atoms with Gasteiger partial charge in [0.15, 0.2) is 11.5 Å². The lowest BCUT2D eigenvalue weighted by Crippen LogP contribution is -2.34. The number of methoxy groups -OCH3 is 1. The van der Waals surface area contributed by atoms with Gasteiger partial charge in [0.25, 0.3) is 0 Å². The van der Waals surface area contributed by atoms with E-state index in [4.69, 9.17) is 9.47 Å². The van der Waals surface area contributed by atoms with E-state index in [1.54, 1.807) is 7.11 Å². The average Bonchev–Trinajstić information content (AvgIpc) is 3.26. The highest BCUT2D eigenvalue weighted by Crippen LogP contribution is 2.43. The third kappa shape index (κ3) is 4.60. The van der Waals surface area contributed by atoms with E-state index in [9.17, 15) is 5.11 Å². The van der Waals surface area contributed by atoms with Gasteiger partial charge in [0, 0.05) is 5.56 Å². The van der Waals surface area contributed by atoms with Crippen LogP contribution in [0.4, 0.5) is 0 Å². The molecule has 1 N–H and O–H groups in total. The Bertz CT molecular complexity index is 874. The molecule has 0 radical (unpaired) electrons. The maximum atomic E-state index is 10.5. The molecule has 3 heteroatoms. The predicted octanol–water partition coefficient (Wildman–Crippen LogP) is 5.24. The Hall–Kier alpha value is -2.44. The quantitative estimate of drug-likeness (QED) is 0.726. The Morgan fingerprint density at radius 3 is 2.48 bits per heavy atom. The molecular formula is C26H30O3. The van der Waals surface area contributed by atoms with Gasteiger partial charge in [0.1, 0.15) is 0 Å². The summed E-state index contributed by atoms with van der Waals surface area (Å²) in [5.74, 6) is 8.48. The molecule has 0 aromatic heterocycles. The molecule has 0 aliphatic heterocycles. The summed E-state index contributed by atoms with van der Waals surface area (Å²) in [4.78, 5) is 0. The zero-order chi connectivity index (χ0) is 20.1. The van der Waals surface area contributed by atoms with Crippen LogP contribution in [0.1, 0.15) is 62.5 Å². The summed E-state index contributed by atoms with van der Waals surface area (Å²) in [6.07, 6.45) is 8.01. The number of rotatable bonds is 4. The van der Waals surface area contributed by atoms with Crippen LogP contribution in [-0.2, 0) is 5.41 Å². The summed E-state index contributed by atoms with van der Waals surface area (Å²) in [5.41, 5.74) is 1.75. The van der Waals surface area contributed by atoms with Crippen molar-refractivity contribution in [1.82, 2.24) is 0 Å². The fourth-order valence-corrected chi connectivity index (χ4v) is 4.66. The molecule has 2 unspecified atom stereocenters. The Balaban J connectivity index is 1.71. The number of aliphatic hydroxyl groups excluding tert-OH is 1. The number of hydrogen-bond donors (Lipinski definition) is 1. The van der Waals surface area contributed by atoms with Crippen LogP contribution in [0.2, 0.25) is 0 Å². The van der Waals surface area contributed by atoms with Crippen LogP contribution < -0.4 is 9.47 Å². The first-order chi connectivity index (χ1) is 14.2. The fraction of sp³-hybridized carbons (Fsp3) is 0.462. The monoisotopic (exact) mass is 390 g/mol. The van der Waals surface area contributed by atoms with Crippen LogP contribution in [0.5, 0.6) is 11.5 Å². The van der Waals surface area contributed by atoms with Crippen LogP contribution in [0.3, 0.4) is 0 Å². The van der Waals surface area contributed by atoms with E-state index in [0.29, 0.717) is 6.42 Å². The third-order valence-corrected chi connectivity index (χ3v) is 6.26. The zero-order valence-corrected chi connectivity index (χ0v) is 17.2. The van der Waals surface area contributed by atoms with Crippen LogP contribution in [-0.4, -0.2) is 24.4 Å². The van der Waals surface area contributed by atoms with E-state index in [1.807, 2.05) is 36.4 Å². The number of aliphatic hydroxyl groups is 1. The molecule has 2 aromatic carbocycles. The molecule has 2 atom stereocenters. The van der Waals surface area contributed by atoms with E-state index in [2.05, 4.69) is 24.0 Å². The highest BCUT2D eigenvalue weighted by atomic mass is 16.5. The SMILES string of the molecule is COc1ccc(C2(C#Cc3ccccc3)CCCC(O)C2)cc1OC1CCCC1. The van der Waals surface area contributed by atoms with Gasteiger partial charge < -0.3 is 14.6 Å². The Labute approximate surface area is 174 Å². The lowest BCUT2D eigenvalue weighted by atomic mass is 9.69. The molecule has 2 fully saturated rings. The lowest BCUT2D eigenvalue weighted by Gasteiger charge is -2.36. The first-order valence-corrected chi connectivity index (χ1v) is 10.8. The Kier molecular flexibility index (Phi) is 6.11. The Morgan fingerprint density at radius 2 is 1.76 bits per heavy atom. The van der Waals surface area contributed by atoms with E-state index in [0.717, 1.165) is 54.7 Å². The molecule has 0 spiro atoms. The van der Waals surface area contributed by atoms with Gasteiger partial charge in [0.05, 0.1) is 24.7 Å². The maximum absolute atomic E-state index is 10.5. The van der Waals surface area contributed by atoms with Crippen molar-refractivity contribution in [2.75, 3.05) is 7.11 Å². The maximum Gasteiger partial charge on any atom is 0.161 e. The van der Waals surface area contributed by atoms with Gasteiger partial charge in [-0.2, -0.15) is 0 Å². The van der Waals surface area contributed by atoms with E-state index >= 15 is 0 Å². The summed E-state index contributed by atoms with van der Waals surface area (Å²) < 4.78 is 11.9. The molecule has 2 aliphatic rings. The minimum Gasteiger partial charge on any atom is -0.493 e. The standard InChI is InChI=1S/C26H30O3/c1-28-24-14-13-21(18-25(24)29-23-11-5-6-12-23)26(16-7-10-22(27)19-26)17-15-20-8-3-2-4-9-20/h2-4,8-9,13-14,18,22-23,27H,5-7,10-12,16,19H2,1H3. The second-order valence-electron chi connectivity index (χ2n) is 8.34. The second-order valence-corrected chi connectivity index (χ2v) is 8.34. The number of benzene rings is 2. The molecule has 0 heterocycles. The van der Waals surface area contributed by atoms with Crippen molar-refractivity contribution in [3.05, 3.63) is 59.7 Å². The summed E-state index contributed by atoms with van der Waals surface area (Å²) in [6, 6.07) is 16.3. The molecular weight excluding hydrogens is 360 g/mol. The van der Waals surface area contributed by atoms with Crippen molar-refractivity contribution >= 4 is 0 Å². The van der Waals surface area contributed by atoms with Crippen LogP contribution in [0.15, 0.2) is 48.5 Å². The van der Waals surface area contributed by atoms with Crippen molar-refractivity contribution in [3.8, 4) is 23.3 Å². The first kappa shape index (κ1) is 19.9. The summed E-state index contributed by atoms with van der Waals surface area (Å²) >= 11 is 0. The smallest absolute Gasteiger partial charge is 0.161 e. The summed E-state index contributed by atoms with van der Waals surface area (Å²) in [7, 11) is 1.69. The van der Waals surface area contributed by atoms with Gasteiger partial charge in [-0.05, 0) is 81.2 Å². The van der Waals surface area contributed by atoms with Gasteiger partial charge >= 0.3 is 0 Å². The Morgan fingerprint density at radius 1 is 0.966 bits per heavy atom. The van der Waals surface area contributed by atoms with E-state index in [-0.39, 0.29) is 17.6 Å². The molecule has 2 aromatic rings. The van der Waals surface area contributed by atoms with Crippen molar-refractivity contribution in [1.29, 1.82) is 0 Å². The van der Waals surface area contributed by atoms with Gasteiger partial charge in [-0.1, -0.05) is 36.1 Å². The van der Waals surface area contributed by atoms with Gasteiger partial charge in [-0.3, -0.25) is 0 Å². The fourth-order valence-electron chi connectivity index (χ4n) is 4.66. The molecule has 4 rings (SSSR count). The molecule has 0 saturated heterocycles. The van der Waals surface area contributed by atoms with Crippen LogP contribution in [0, 0.1) is 11.8 Å². The highest BCUT2D eigenvalue weighted by molar-refractivity contribution is 5.50. The number of ether oxygens (including phenoxy) is 2. The third-order valence-electron chi connectivity index (χ3n) is 6.26. The van der Waals surface area contributed by atoms with Crippen molar-refractivity contribution in [2.45, 2.75) is 69.0 Å². The summed E-state index contributed by atoms with van der Waals surface area (Å²) in [5, 5.41) is 10.5.